The van der Waals surface area contributed by atoms with Crippen LogP contribution in [0.4, 0.5) is 10.1 Å². The number of hydrogen-bond donors (Lipinski definition) is 2. The van der Waals surface area contributed by atoms with Crippen LogP contribution in [-0.4, -0.2) is 32.6 Å². The van der Waals surface area contributed by atoms with Gasteiger partial charge in [-0.05, 0) is 18.2 Å². The molecule has 0 fully saturated rings. The second-order valence-electron chi connectivity index (χ2n) is 3.80. The van der Waals surface area contributed by atoms with Crippen molar-refractivity contribution < 1.29 is 14.3 Å². The Balaban J connectivity index is 2.14. The van der Waals surface area contributed by atoms with Gasteiger partial charge in [0.1, 0.15) is 19.0 Å². The van der Waals surface area contributed by atoms with Crippen LogP contribution in [0.2, 0.25) is 0 Å². The molecule has 2 aromatic rings. The van der Waals surface area contributed by atoms with E-state index < -0.39 is 5.82 Å². The molecular formula is C13H11FN4O2. The number of carbonyl (C=O) groups excluding carboxylic acids is 1. The van der Waals surface area contributed by atoms with E-state index in [0.717, 1.165) is 0 Å². The predicted octanol–water partition coefficient (Wildman–Crippen LogP) is 0.400. The zero-order chi connectivity index (χ0) is 14.4. The Morgan fingerprint density at radius 1 is 1.50 bits per heavy atom. The fraction of sp³-hybridized carbons (Fsp3) is 0.154. The zero-order valence-corrected chi connectivity index (χ0v) is 10.4. The molecule has 2 rings (SSSR count). The molecule has 6 nitrogen and oxygen atoms in total. The molecular weight excluding hydrogens is 263 g/mol. The van der Waals surface area contributed by atoms with Crippen molar-refractivity contribution in [1.82, 2.24) is 15.0 Å². The highest BCUT2D eigenvalue weighted by Gasteiger charge is 2.08. The maximum atomic E-state index is 13.2. The molecule has 7 heteroatoms. The van der Waals surface area contributed by atoms with Crippen LogP contribution in [0, 0.1) is 17.7 Å². The van der Waals surface area contributed by atoms with Crippen LogP contribution in [0.25, 0.3) is 0 Å². The number of anilines is 1. The number of benzene rings is 1. The molecule has 0 unspecified atom stereocenters. The molecule has 0 saturated carbocycles. The third-order valence-corrected chi connectivity index (χ3v) is 2.34. The lowest BCUT2D eigenvalue weighted by Crippen LogP contribution is -2.19. The number of rotatable bonds is 3. The van der Waals surface area contributed by atoms with E-state index in [9.17, 15) is 9.18 Å². The number of aliphatic hydroxyl groups excluding tert-OH is 1. The second-order valence-corrected chi connectivity index (χ2v) is 3.80. The quantitative estimate of drug-likeness (QED) is 0.794. The lowest BCUT2D eigenvalue weighted by atomic mass is 10.1. The Morgan fingerprint density at radius 3 is 3.05 bits per heavy atom. The van der Waals surface area contributed by atoms with E-state index in [2.05, 4.69) is 27.5 Å². The molecule has 0 spiro atoms. The fourth-order valence-corrected chi connectivity index (χ4v) is 1.52. The summed E-state index contributed by atoms with van der Waals surface area (Å²) in [6.45, 7) is -0.354. The standard InChI is InChI=1S/C13H11FN4O2/c14-11-3-4-12(10(8-11)2-1-7-19)16-13(20)9-18-6-5-15-17-18/h3-6,8,19H,7,9H2,(H,16,20). The van der Waals surface area contributed by atoms with E-state index in [1.54, 1.807) is 6.20 Å². The summed E-state index contributed by atoms with van der Waals surface area (Å²) < 4.78 is 14.5. The minimum atomic E-state index is -0.471. The topological polar surface area (TPSA) is 80.0 Å². The van der Waals surface area contributed by atoms with Crippen molar-refractivity contribution in [3.05, 3.63) is 42.0 Å². The molecule has 1 amide bonds. The van der Waals surface area contributed by atoms with Gasteiger partial charge in [0.15, 0.2) is 0 Å². The van der Waals surface area contributed by atoms with Crippen LogP contribution >= 0.6 is 0 Å². The van der Waals surface area contributed by atoms with Gasteiger partial charge in [-0.1, -0.05) is 17.1 Å². The van der Waals surface area contributed by atoms with Crippen LogP contribution in [-0.2, 0) is 11.3 Å². The molecule has 0 atom stereocenters. The second kappa shape index (κ2) is 6.45. The van der Waals surface area contributed by atoms with E-state index in [4.69, 9.17) is 5.11 Å². The highest BCUT2D eigenvalue weighted by atomic mass is 19.1. The monoisotopic (exact) mass is 274 g/mol. The Bertz CT molecular complexity index is 659. The zero-order valence-electron chi connectivity index (χ0n) is 10.4. The summed E-state index contributed by atoms with van der Waals surface area (Å²) in [4.78, 5) is 11.8. The first kappa shape index (κ1) is 13.7. The Morgan fingerprint density at radius 2 is 2.35 bits per heavy atom. The molecule has 1 heterocycles. The minimum Gasteiger partial charge on any atom is -0.384 e. The van der Waals surface area contributed by atoms with Gasteiger partial charge < -0.3 is 10.4 Å². The number of aromatic nitrogens is 3. The van der Waals surface area contributed by atoms with Crippen LogP contribution in [0.3, 0.4) is 0 Å². The van der Waals surface area contributed by atoms with E-state index in [1.807, 2.05) is 0 Å². The first-order chi connectivity index (χ1) is 9.69. The Kier molecular flexibility index (Phi) is 4.42. The van der Waals surface area contributed by atoms with Gasteiger partial charge in [0.05, 0.1) is 17.4 Å². The normalized spacial score (nSPS) is 9.70. The number of amides is 1. The van der Waals surface area contributed by atoms with E-state index >= 15 is 0 Å². The summed E-state index contributed by atoms with van der Waals surface area (Å²) >= 11 is 0. The smallest absolute Gasteiger partial charge is 0.246 e. The number of nitrogens with zero attached hydrogens (tertiary/aromatic N) is 3. The van der Waals surface area contributed by atoms with Crippen LogP contribution in [0.1, 0.15) is 5.56 Å². The minimum absolute atomic E-state index is 0.00968. The third-order valence-electron chi connectivity index (χ3n) is 2.34. The van der Waals surface area contributed by atoms with Gasteiger partial charge in [0, 0.05) is 6.20 Å². The first-order valence-electron chi connectivity index (χ1n) is 5.72. The van der Waals surface area contributed by atoms with Crippen molar-refractivity contribution in [2.24, 2.45) is 0 Å². The summed E-state index contributed by atoms with van der Waals surface area (Å²) in [6, 6.07) is 3.82. The average molecular weight is 274 g/mol. The number of aliphatic hydroxyl groups is 1. The molecule has 0 aliphatic heterocycles. The molecule has 0 aliphatic carbocycles. The van der Waals surface area contributed by atoms with Gasteiger partial charge in [0.25, 0.3) is 0 Å². The first-order valence-corrected chi connectivity index (χ1v) is 5.72. The van der Waals surface area contributed by atoms with Gasteiger partial charge in [0.2, 0.25) is 5.91 Å². The molecule has 1 aromatic carbocycles. The largest absolute Gasteiger partial charge is 0.384 e. The maximum Gasteiger partial charge on any atom is 0.246 e. The molecule has 0 aliphatic rings. The summed E-state index contributed by atoms with van der Waals surface area (Å²) in [6.07, 6.45) is 3.01. The maximum absolute atomic E-state index is 13.2. The third kappa shape index (κ3) is 3.63. The van der Waals surface area contributed by atoms with Gasteiger partial charge in [-0.2, -0.15) is 0 Å². The number of carbonyl (C=O) groups is 1. The lowest BCUT2D eigenvalue weighted by molar-refractivity contribution is -0.116. The van der Waals surface area contributed by atoms with Gasteiger partial charge in [-0.3, -0.25) is 4.79 Å². The molecule has 1 aromatic heterocycles. The van der Waals surface area contributed by atoms with Crippen molar-refractivity contribution in [2.75, 3.05) is 11.9 Å². The van der Waals surface area contributed by atoms with Crippen molar-refractivity contribution in [3.8, 4) is 11.8 Å². The highest BCUT2D eigenvalue weighted by Crippen LogP contribution is 2.16. The number of halogens is 1. The summed E-state index contributed by atoms with van der Waals surface area (Å²) in [7, 11) is 0. The molecule has 2 N–H and O–H groups in total. The van der Waals surface area contributed by atoms with Gasteiger partial charge >= 0.3 is 0 Å². The van der Waals surface area contributed by atoms with E-state index in [0.29, 0.717) is 11.3 Å². The average Bonchev–Trinajstić information content (AvgIpc) is 2.91. The fourth-order valence-electron chi connectivity index (χ4n) is 1.52. The van der Waals surface area contributed by atoms with Crippen molar-refractivity contribution in [3.63, 3.8) is 0 Å². The molecule has 102 valence electrons. The SMILES string of the molecule is O=C(Cn1ccnn1)Nc1ccc(F)cc1C#CCO. The predicted molar refractivity (Wildman–Crippen MR) is 69.0 cm³/mol. The summed E-state index contributed by atoms with van der Waals surface area (Å²) in [5.74, 6) is 4.18. The summed E-state index contributed by atoms with van der Waals surface area (Å²) in [5, 5.41) is 18.5. The van der Waals surface area contributed by atoms with Gasteiger partial charge in [-0.25, -0.2) is 9.07 Å². The van der Waals surface area contributed by atoms with Gasteiger partial charge in [-0.15, -0.1) is 5.10 Å². The van der Waals surface area contributed by atoms with Crippen molar-refractivity contribution in [1.29, 1.82) is 0 Å². The van der Waals surface area contributed by atoms with Crippen LogP contribution < -0.4 is 5.32 Å². The van der Waals surface area contributed by atoms with E-state index in [1.165, 1.54) is 29.1 Å². The summed E-state index contributed by atoms with van der Waals surface area (Å²) in [5.41, 5.74) is 0.670. The lowest BCUT2D eigenvalue weighted by Gasteiger charge is -2.07. The van der Waals surface area contributed by atoms with Crippen LogP contribution in [0.15, 0.2) is 30.6 Å². The molecule has 0 saturated heterocycles. The number of nitrogens with one attached hydrogen (secondary N) is 1. The highest BCUT2D eigenvalue weighted by molar-refractivity contribution is 5.91. The molecule has 20 heavy (non-hydrogen) atoms. The number of hydrogen-bond acceptors (Lipinski definition) is 4. The molecule has 0 radical (unpaired) electrons. The Labute approximate surface area is 114 Å². The Hall–Kier alpha value is -2.72. The molecule has 0 bridgehead atoms. The van der Waals surface area contributed by atoms with Crippen molar-refractivity contribution >= 4 is 11.6 Å². The van der Waals surface area contributed by atoms with E-state index in [-0.39, 0.29) is 19.1 Å². The van der Waals surface area contributed by atoms with Crippen LogP contribution in [0.5, 0.6) is 0 Å². The van der Waals surface area contributed by atoms with Crippen molar-refractivity contribution in [2.45, 2.75) is 6.54 Å².